The van der Waals surface area contributed by atoms with E-state index < -0.39 is 28.8 Å². The van der Waals surface area contributed by atoms with Crippen molar-refractivity contribution in [1.29, 1.82) is 0 Å². The Kier molecular flexibility index (Phi) is 7.41. The predicted octanol–water partition coefficient (Wildman–Crippen LogP) is 5.02. The maximum absolute atomic E-state index is 13.9. The summed E-state index contributed by atoms with van der Waals surface area (Å²) in [6, 6.07) is 10.2. The lowest BCUT2D eigenvalue weighted by Crippen LogP contribution is -2.26. The molecule has 162 valence electrons. The lowest BCUT2D eigenvalue weighted by atomic mass is 10.2. The number of thioether (sulfide) groups is 1. The van der Waals surface area contributed by atoms with Crippen LogP contribution in [0.4, 0.5) is 25.8 Å². The Morgan fingerprint density at radius 2 is 2.00 bits per heavy atom. The van der Waals surface area contributed by atoms with Gasteiger partial charge in [0.1, 0.15) is 11.6 Å². The van der Waals surface area contributed by atoms with Gasteiger partial charge in [-0.25, -0.2) is 13.8 Å². The number of esters is 1. The van der Waals surface area contributed by atoms with Crippen molar-refractivity contribution in [2.75, 3.05) is 17.7 Å². The van der Waals surface area contributed by atoms with Gasteiger partial charge in [-0.1, -0.05) is 30.8 Å². The number of hydrogen-bond acceptors (Lipinski definition) is 6. The fourth-order valence-corrected chi connectivity index (χ4v) is 3.83. The molecule has 1 atom stereocenters. The molecule has 6 nitrogen and oxygen atoms in total. The van der Waals surface area contributed by atoms with Gasteiger partial charge in [-0.2, -0.15) is 0 Å². The van der Waals surface area contributed by atoms with Gasteiger partial charge in [0.05, 0.1) is 40.9 Å². The lowest BCUT2D eigenvalue weighted by Gasteiger charge is -2.15. The Balaban J connectivity index is 1.84. The van der Waals surface area contributed by atoms with Crippen molar-refractivity contribution in [1.82, 2.24) is 0 Å². The number of fused-ring (bicyclic) bond motifs is 1. The normalized spacial score (nSPS) is 13.7. The zero-order valence-corrected chi connectivity index (χ0v) is 17.8. The van der Waals surface area contributed by atoms with Crippen molar-refractivity contribution in [2.45, 2.75) is 25.0 Å². The van der Waals surface area contributed by atoms with E-state index in [-0.39, 0.29) is 12.1 Å². The molecule has 1 aliphatic rings. The van der Waals surface area contributed by atoms with E-state index in [4.69, 9.17) is 4.74 Å². The molecule has 0 unspecified atom stereocenters. The van der Waals surface area contributed by atoms with Crippen LogP contribution in [-0.2, 0) is 14.3 Å². The minimum atomic E-state index is -0.722. The number of hydrogen-bond donors (Lipinski definition) is 2. The summed E-state index contributed by atoms with van der Waals surface area (Å²) in [4.78, 5) is 29.1. The summed E-state index contributed by atoms with van der Waals surface area (Å²) in [5.74, 6) is -2.27. The van der Waals surface area contributed by atoms with Gasteiger partial charge in [0.2, 0.25) is 5.91 Å². The highest BCUT2D eigenvalue weighted by Crippen LogP contribution is 2.32. The van der Waals surface area contributed by atoms with Crippen molar-refractivity contribution < 1.29 is 23.1 Å². The molecule has 2 aromatic carbocycles. The molecule has 1 aliphatic heterocycles. The fraction of sp³-hybridized carbons (Fsp3) is 0.227. The predicted molar refractivity (Wildman–Crippen MR) is 119 cm³/mol. The number of anilines is 2. The highest BCUT2D eigenvalue weighted by molar-refractivity contribution is 8.15. The molecular formula is C22H21F2N3O3S. The highest BCUT2D eigenvalue weighted by atomic mass is 32.2. The van der Waals surface area contributed by atoms with Crippen LogP contribution in [0.5, 0.6) is 0 Å². The van der Waals surface area contributed by atoms with Crippen LogP contribution in [-0.4, -0.2) is 29.3 Å². The molecule has 0 aromatic heterocycles. The third-order valence-electron chi connectivity index (χ3n) is 4.40. The number of benzene rings is 2. The Bertz CT molecular complexity index is 1060. The minimum Gasteiger partial charge on any atom is -0.469 e. The smallest absolute Gasteiger partial charge is 0.311 e. The van der Waals surface area contributed by atoms with Crippen molar-refractivity contribution in [2.24, 2.45) is 4.99 Å². The second kappa shape index (κ2) is 10.2. The van der Waals surface area contributed by atoms with Crippen molar-refractivity contribution in [3.05, 3.63) is 65.9 Å². The van der Waals surface area contributed by atoms with Crippen molar-refractivity contribution >= 4 is 45.7 Å². The van der Waals surface area contributed by atoms with E-state index in [1.807, 2.05) is 25.1 Å². The van der Waals surface area contributed by atoms with E-state index in [0.717, 1.165) is 18.2 Å². The molecule has 31 heavy (non-hydrogen) atoms. The van der Waals surface area contributed by atoms with Crippen LogP contribution in [0.1, 0.15) is 19.8 Å². The first-order valence-corrected chi connectivity index (χ1v) is 10.4. The highest BCUT2D eigenvalue weighted by Gasteiger charge is 2.23. The van der Waals surface area contributed by atoms with Crippen LogP contribution in [0, 0.1) is 11.6 Å². The van der Waals surface area contributed by atoms with Crippen LogP contribution in [0.15, 0.2) is 59.2 Å². The van der Waals surface area contributed by atoms with E-state index in [2.05, 4.69) is 15.6 Å². The molecule has 0 saturated heterocycles. The van der Waals surface area contributed by atoms with E-state index in [0.29, 0.717) is 28.5 Å². The molecule has 2 N–H and O–H groups in total. The van der Waals surface area contributed by atoms with Gasteiger partial charge in [0.15, 0.2) is 0 Å². The second-order valence-electron chi connectivity index (χ2n) is 6.64. The fourth-order valence-electron chi connectivity index (χ4n) is 2.84. The summed E-state index contributed by atoms with van der Waals surface area (Å²) in [7, 11) is 1.31. The summed E-state index contributed by atoms with van der Waals surface area (Å²) in [5, 5.41) is 5.48. The summed E-state index contributed by atoms with van der Waals surface area (Å²) >= 11 is 1.17. The molecule has 0 aliphatic carbocycles. The molecule has 1 amide bonds. The largest absolute Gasteiger partial charge is 0.469 e. The second-order valence-corrected chi connectivity index (χ2v) is 7.87. The van der Waals surface area contributed by atoms with Crippen LogP contribution >= 0.6 is 11.8 Å². The Morgan fingerprint density at radius 1 is 1.23 bits per heavy atom. The molecule has 0 bridgehead atoms. The van der Waals surface area contributed by atoms with E-state index >= 15 is 0 Å². The number of nitrogens with zero attached hydrogens (tertiary/aromatic N) is 1. The van der Waals surface area contributed by atoms with Gasteiger partial charge < -0.3 is 15.4 Å². The van der Waals surface area contributed by atoms with Gasteiger partial charge in [0, 0.05) is 11.8 Å². The maximum atomic E-state index is 13.9. The molecule has 3 rings (SSSR count). The van der Waals surface area contributed by atoms with Crippen molar-refractivity contribution in [3.8, 4) is 0 Å². The summed E-state index contributed by atoms with van der Waals surface area (Å²) in [6.45, 7) is 1.81. The number of aliphatic imine (C=N–C) groups is 1. The van der Waals surface area contributed by atoms with Crippen LogP contribution in [0.2, 0.25) is 0 Å². The average molecular weight is 445 g/mol. The number of ether oxygens (including phenoxy) is 1. The molecule has 0 radical (unpaired) electrons. The molecule has 9 heteroatoms. The monoisotopic (exact) mass is 445 g/mol. The van der Waals surface area contributed by atoms with Crippen LogP contribution < -0.4 is 10.6 Å². The first-order chi connectivity index (χ1) is 14.9. The molecule has 0 saturated carbocycles. The number of rotatable bonds is 6. The number of nitrogens with one attached hydrogen (secondary N) is 2. The quantitative estimate of drug-likeness (QED) is 0.611. The molecule has 0 spiro atoms. The van der Waals surface area contributed by atoms with Gasteiger partial charge >= 0.3 is 5.97 Å². The number of amides is 1. The van der Waals surface area contributed by atoms with E-state index in [9.17, 15) is 18.4 Å². The summed E-state index contributed by atoms with van der Waals surface area (Å²) in [6.07, 6.45) is 2.10. The third-order valence-corrected chi connectivity index (χ3v) is 5.69. The topological polar surface area (TPSA) is 79.8 Å². The third kappa shape index (κ3) is 5.91. The number of halogens is 2. The Morgan fingerprint density at radius 3 is 2.74 bits per heavy atom. The number of para-hydroxylation sites is 2. The van der Waals surface area contributed by atoms with Crippen LogP contribution in [0.3, 0.4) is 0 Å². The van der Waals surface area contributed by atoms with Crippen molar-refractivity contribution in [3.63, 3.8) is 0 Å². The zero-order valence-electron chi connectivity index (χ0n) is 16.9. The zero-order chi connectivity index (χ0) is 22.4. The van der Waals surface area contributed by atoms with Crippen LogP contribution in [0.25, 0.3) is 0 Å². The van der Waals surface area contributed by atoms with E-state index in [1.165, 1.54) is 18.9 Å². The van der Waals surface area contributed by atoms with Gasteiger partial charge in [-0.05, 0) is 36.8 Å². The Hall–Kier alpha value is -3.20. The van der Waals surface area contributed by atoms with E-state index in [1.54, 1.807) is 12.1 Å². The van der Waals surface area contributed by atoms with Gasteiger partial charge in [-0.15, -0.1) is 0 Å². The molecule has 1 heterocycles. The standard InChI is InChI=1S/C22H21F2N3O3S/c1-3-19(22(29)27-18-10-13(23)8-9-15(18)24)31-20-11-14(12-21(28)30-2)25-16-6-4-5-7-17(16)26-20/h4-11,19,25H,3,12H2,1-2H3,(H,27,29)/t19-/m0/s1. The molecular weight excluding hydrogens is 424 g/mol. The lowest BCUT2D eigenvalue weighted by molar-refractivity contribution is -0.139. The maximum Gasteiger partial charge on any atom is 0.311 e. The first-order valence-electron chi connectivity index (χ1n) is 9.54. The first kappa shape index (κ1) is 22.5. The minimum absolute atomic E-state index is 0.00189. The van der Waals surface area contributed by atoms with Gasteiger partial charge in [0.25, 0.3) is 0 Å². The average Bonchev–Trinajstić information content (AvgIpc) is 2.92. The summed E-state index contributed by atoms with van der Waals surface area (Å²) < 4.78 is 32.1. The molecule has 0 fully saturated rings. The molecule has 2 aromatic rings. The number of carbonyl (C=O) groups excluding carboxylic acids is 2. The van der Waals surface area contributed by atoms with Gasteiger partial charge in [-0.3, -0.25) is 9.59 Å². The Labute approximate surface area is 182 Å². The SMILES string of the molecule is CC[C@H](SC1=Nc2ccccc2NC(CC(=O)OC)=C1)C(=O)Nc1cc(F)ccc1F. The number of carbonyl (C=O) groups is 2. The summed E-state index contributed by atoms with van der Waals surface area (Å²) in [5.41, 5.74) is 1.70. The number of methoxy groups -OCH3 is 1.